The fourth-order valence-electron chi connectivity index (χ4n) is 2.01. The number of nitrogens with one attached hydrogen (secondary N) is 2. The van der Waals surface area contributed by atoms with Crippen LogP contribution in [-0.2, 0) is 0 Å². The third kappa shape index (κ3) is 4.13. The van der Waals surface area contributed by atoms with Gasteiger partial charge in [0.1, 0.15) is 0 Å². The predicted octanol–water partition coefficient (Wildman–Crippen LogP) is 2.12. The molecule has 2 aromatic rings. The summed E-state index contributed by atoms with van der Waals surface area (Å²) >= 11 is 1.34. The third-order valence-electron chi connectivity index (χ3n) is 3.19. The lowest BCUT2D eigenvalue weighted by molar-refractivity contribution is -0.385. The number of amides is 2. The molecule has 7 nitrogen and oxygen atoms in total. The minimum absolute atomic E-state index is 0.0938. The minimum Gasteiger partial charge on any atom is -0.350 e. The molecule has 0 aliphatic heterocycles. The number of nitrogens with zero attached hydrogens (tertiary/aromatic N) is 1. The van der Waals surface area contributed by atoms with Crippen molar-refractivity contribution in [2.24, 2.45) is 0 Å². The number of rotatable bonds is 6. The Labute approximate surface area is 136 Å². The Bertz CT molecular complexity index is 728. The maximum absolute atomic E-state index is 12.1. The molecule has 23 heavy (non-hydrogen) atoms. The van der Waals surface area contributed by atoms with Gasteiger partial charge in [0.05, 0.1) is 9.80 Å². The quantitative estimate of drug-likeness (QED) is 0.480. The van der Waals surface area contributed by atoms with Crippen LogP contribution in [0.5, 0.6) is 0 Å². The second kappa shape index (κ2) is 7.50. The first kappa shape index (κ1) is 16.6. The van der Waals surface area contributed by atoms with E-state index < -0.39 is 10.8 Å². The summed E-state index contributed by atoms with van der Waals surface area (Å²) in [6, 6.07) is 7.85. The SMILES string of the molecule is Cc1c(C(=O)NCCNC(=O)c2cccs2)cccc1[N+](=O)[O-]. The normalized spacial score (nSPS) is 10.1. The Hall–Kier alpha value is -2.74. The zero-order valence-corrected chi connectivity index (χ0v) is 13.2. The Morgan fingerprint density at radius 2 is 1.83 bits per heavy atom. The first-order valence-electron chi connectivity index (χ1n) is 6.84. The molecule has 0 atom stereocenters. The van der Waals surface area contributed by atoms with Gasteiger partial charge < -0.3 is 10.6 Å². The van der Waals surface area contributed by atoms with Crippen LogP contribution >= 0.6 is 11.3 Å². The molecule has 1 heterocycles. The minimum atomic E-state index is -0.520. The van der Waals surface area contributed by atoms with E-state index in [1.54, 1.807) is 12.1 Å². The fraction of sp³-hybridized carbons (Fsp3) is 0.200. The van der Waals surface area contributed by atoms with Crippen LogP contribution < -0.4 is 10.6 Å². The van der Waals surface area contributed by atoms with Gasteiger partial charge in [0.2, 0.25) is 0 Å². The number of nitro groups is 1. The molecule has 0 fully saturated rings. The molecule has 2 N–H and O–H groups in total. The second-order valence-electron chi connectivity index (χ2n) is 4.70. The smallest absolute Gasteiger partial charge is 0.273 e. The van der Waals surface area contributed by atoms with Crippen LogP contribution in [0.2, 0.25) is 0 Å². The van der Waals surface area contributed by atoms with Crippen LogP contribution in [0.4, 0.5) is 5.69 Å². The third-order valence-corrected chi connectivity index (χ3v) is 4.06. The van der Waals surface area contributed by atoms with Crippen molar-refractivity contribution in [2.45, 2.75) is 6.92 Å². The van der Waals surface area contributed by atoms with E-state index in [2.05, 4.69) is 10.6 Å². The van der Waals surface area contributed by atoms with Gasteiger partial charge in [0.15, 0.2) is 0 Å². The highest BCUT2D eigenvalue weighted by atomic mass is 32.1. The van der Waals surface area contributed by atoms with Crippen molar-refractivity contribution in [1.82, 2.24) is 10.6 Å². The maximum atomic E-state index is 12.1. The molecule has 0 bridgehead atoms. The molecular weight excluding hydrogens is 318 g/mol. The monoisotopic (exact) mass is 333 g/mol. The van der Waals surface area contributed by atoms with E-state index in [4.69, 9.17) is 0 Å². The molecule has 0 aliphatic carbocycles. The number of hydrogen-bond donors (Lipinski definition) is 2. The van der Waals surface area contributed by atoms with Crippen LogP contribution in [-0.4, -0.2) is 29.8 Å². The molecule has 2 amide bonds. The van der Waals surface area contributed by atoms with E-state index in [1.807, 2.05) is 5.38 Å². The van der Waals surface area contributed by atoms with Crippen LogP contribution in [0, 0.1) is 17.0 Å². The lowest BCUT2D eigenvalue weighted by atomic mass is 10.1. The highest BCUT2D eigenvalue weighted by Crippen LogP contribution is 2.20. The van der Waals surface area contributed by atoms with Gasteiger partial charge in [0, 0.05) is 30.3 Å². The summed E-state index contributed by atoms with van der Waals surface area (Å²) < 4.78 is 0. The average molecular weight is 333 g/mol. The van der Waals surface area contributed by atoms with E-state index in [0.29, 0.717) is 10.4 Å². The summed E-state index contributed by atoms with van der Waals surface area (Å²) in [4.78, 5) is 34.7. The van der Waals surface area contributed by atoms with E-state index in [-0.39, 0.29) is 30.2 Å². The zero-order chi connectivity index (χ0) is 16.8. The van der Waals surface area contributed by atoms with Gasteiger partial charge in [-0.3, -0.25) is 19.7 Å². The molecule has 1 aromatic heterocycles. The van der Waals surface area contributed by atoms with Crippen molar-refractivity contribution in [3.05, 3.63) is 61.8 Å². The van der Waals surface area contributed by atoms with Crippen molar-refractivity contribution < 1.29 is 14.5 Å². The average Bonchev–Trinajstić information content (AvgIpc) is 3.05. The lowest BCUT2D eigenvalue weighted by Gasteiger charge is -2.08. The summed E-state index contributed by atoms with van der Waals surface area (Å²) in [5.74, 6) is -0.600. The van der Waals surface area contributed by atoms with E-state index >= 15 is 0 Å². The maximum Gasteiger partial charge on any atom is 0.273 e. The summed E-state index contributed by atoms with van der Waals surface area (Å²) in [5.41, 5.74) is 0.477. The Balaban J connectivity index is 1.87. The summed E-state index contributed by atoms with van der Waals surface area (Å²) in [7, 11) is 0. The zero-order valence-electron chi connectivity index (χ0n) is 12.4. The van der Waals surface area contributed by atoms with Crippen LogP contribution in [0.3, 0.4) is 0 Å². The number of nitro benzene ring substituents is 1. The summed E-state index contributed by atoms with van der Waals surface area (Å²) in [5, 5.41) is 18.0. The molecule has 120 valence electrons. The van der Waals surface area contributed by atoms with Gasteiger partial charge >= 0.3 is 0 Å². The van der Waals surface area contributed by atoms with Crippen LogP contribution in [0.15, 0.2) is 35.7 Å². The van der Waals surface area contributed by atoms with Crippen molar-refractivity contribution in [2.75, 3.05) is 13.1 Å². The number of carbonyl (C=O) groups is 2. The Morgan fingerprint density at radius 1 is 1.13 bits per heavy atom. The molecule has 1 aromatic carbocycles. The van der Waals surface area contributed by atoms with E-state index in [1.165, 1.54) is 36.5 Å². The largest absolute Gasteiger partial charge is 0.350 e. The van der Waals surface area contributed by atoms with Gasteiger partial charge in [-0.2, -0.15) is 0 Å². The van der Waals surface area contributed by atoms with Crippen LogP contribution in [0.1, 0.15) is 25.6 Å². The number of hydrogen-bond acceptors (Lipinski definition) is 5. The second-order valence-corrected chi connectivity index (χ2v) is 5.64. The Morgan fingerprint density at radius 3 is 2.43 bits per heavy atom. The molecule has 0 unspecified atom stereocenters. The molecule has 0 saturated carbocycles. The highest BCUT2D eigenvalue weighted by Gasteiger charge is 2.17. The molecular formula is C15H15N3O4S. The van der Waals surface area contributed by atoms with Crippen LogP contribution in [0.25, 0.3) is 0 Å². The van der Waals surface area contributed by atoms with Gasteiger partial charge in [-0.25, -0.2) is 0 Å². The van der Waals surface area contributed by atoms with Crippen molar-refractivity contribution in [1.29, 1.82) is 0 Å². The van der Waals surface area contributed by atoms with Crippen molar-refractivity contribution in [3.63, 3.8) is 0 Å². The first-order valence-corrected chi connectivity index (χ1v) is 7.72. The van der Waals surface area contributed by atoms with Gasteiger partial charge in [-0.05, 0) is 24.4 Å². The van der Waals surface area contributed by atoms with E-state index in [9.17, 15) is 19.7 Å². The number of carbonyl (C=O) groups excluding carboxylic acids is 2. The molecule has 0 radical (unpaired) electrons. The van der Waals surface area contributed by atoms with Crippen molar-refractivity contribution in [3.8, 4) is 0 Å². The standard InChI is InChI=1S/C15H15N3O4S/c1-10-11(4-2-5-12(10)18(21)22)14(19)16-7-8-17-15(20)13-6-3-9-23-13/h2-6,9H,7-8H2,1H3,(H,16,19)(H,17,20). The topological polar surface area (TPSA) is 101 Å². The van der Waals surface area contributed by atoms with E-state index in [0.717, 1.165) is 0 Å². The van der Waals surface area contributed by atoms with Gasteiger partial charge in [0.25, 0.3) is 17.5 Å². The first-order chi connectivity index (χ1) is 11.0. The molecule has 0 saturated heterocycles. The lowest BCUT2D eigenvalue weighted by Crippen LogP contribution is -2.34. The van der Waals surface area contributed by atoms with Gasteiger partial charge in [-0.1, -0.05) is 12.1 Å². The highest BCUT2D eigenvalue weighted by molar-refractivity contribution is 7.12. The molecule has 8 heteroatoms. The van der Waals surface area contributed by atoms with Gasteiger partial charge in [-0.15, -0.1) is 11.3 Å². The molecule has 0 spiro atoms. The van der Waals surface area contributed by atoms with Crippen molar-refractivity contribution >= 4 is 28.8 Å². The molecule has 2 rings (SSSR count). The fourth-order valence-corrected chi connectivity index (χ4v) is 2.65. The Kier molecular flexibility index (Phi) is 5.42. The predicted molar refractivity (Wildman–Crippen MR) is 86.8 cm³/mol. The summed E-state index contributed by atoms with van der Waals surface area (Å²) in [6.45, 7) is 2.04. The molecule has 0 aliphatic rings. The number of thiophene rings is 1. The summed E-state index contributed by atoms with van der Waals surface area (Å²) in [6.07, 6.45) is 0. The number of benzene rings is 1.